The molecular formula is C18H15F3N2O3. The van der Waals surface area contributed by atoms with Crippen LogP contribution in [0.3, 0.4) is 0 Å². The molecule has 0 bridgehead atoms. The highest BCUT2D eigenvalue weighted by Gasteiger charge is 2.30. The van der Waals surface area contributed by atoms with Gasteiger partial charge < -0.3 is 9.68 Å². The average Bonchev–Trinajstić information content (AvgIpc) is 2.64. The zero-order valence-corrected chi connectivity index (χ0v) is 13.9. The molecule has 2 aromatic carbocycles. The van der Waals surface area contributed by atoms with Crippen LogP contribution >= 0.6 is 0 Å². The zero-order valence-electron chi connectivity index (χ0n) is 13.9. The third kappa shape index (κ3) is 4.69. The summed E-state index contributed by atoms with van der Waals surface area (Å²) in [7, 11) is 1.29. The van der Waals surface area contributed by atoms with E-state index < -0.39 is 11.7 Å². The molecule has 0 unspecified atom stereocenters. The van der Waals surface area contributed by atoms with Crippen LogP contribution in [0.2, 0.25) is 0 Å². The van der Waals surface area contributed by atoms with Crippen molar-refractivity contribution in [2.24, 2.45) is 10.3 Å². The lowest BCUT2D eigenvalue weighted by Gasteiger charge is -2.09. The van der Waals surface area contributed by atoms with E-state index in [1.807, 2.05) is 0 Å². The lowest BCUT2D eigenvalue weighted by molar-refractivity contribution is -0.137. The van der Waals surface area contributed by atoms with Gasteiger partial charge in [0.15, 0.2) is 17.7 Å². The van der Waals surface area contributed by atoms with Gasteiger partial charge in [-0.2, -0.15) is 13.2 Å². The molecule has 0 N–H and O–H groups in total. The van der Waals surface area contributed by atoms with Gasteiger partial charge in [0.05, 0.1) is 16.8 Å². The van der Waals surface area contributed by atoms with Crippen molar-refractivity contribution in [2.75, 3.05) is 7.11 Å². The Morgan fingerprint density at radius 2 is 1.81 bits per heavy atom. The number of para-hydroxylation sites is 1. The summed E-state index contributed by atoms with van der Waals surface area (Å²) in [5.74, 6) is 0.210. The highest BCUT2D eigenvalue weighted by Crippen LogP contribution is 2.29. The Kier molecular flexibility index (Phi) is 6.11. The van der Waals surface area contributed by atoms with Gasteiger partial charge in [0.2, 0.25) is 0 Å². The number of rotatable bonds is 6. The van der Waals surface area contributed by atoms with Gasteiger partial charge in [-0.1, -0.05) is 34.6 Å². The number of alkyl halides is 3. The SMILES string of the molecule is CON=C(C=O)c1ccccc1ON=C(C)c1cccc(C(F)(F)F)c1. The van der Waals surface area contributed by atoms with Crippen LogP contribution in [0.25, 0.3) is 0 Å². The Hall–Kier alpha value is -3.16. The van der Waals surface area contributed by atoms with Crippen LogP contribution in [0, 0.1) is 0 Å². The first kappa shape index (κ1) is 19.2. The molecule has 0 fully saturated rings. The molecule has 26 heavy (non-hydrogen) atoms. The first-order valence-corrected chi connectivity index (χ1v) is 7.41. The largest absolute Gasteiger partial charge is 0.416 e. The van der Waals surface area contributed by atoms with Crippen LogP contribution in [0.1, 0.15) is 23.6 Å². The maximum Gasteiger partial charge on any atom is 0.416 e. The van der Waals surface area contributed by atoms with Gasteiger partial charge in [-0.3, -0.25) is 4.79 Å². The van der Waals surface area contributed by atoms with Gasteiger partial charge in [-0.25, -0.2) is 0 Å². The summed E-state index contributed by atoms with van der Waals surface area (Å²) in [6.45, 7) is 1.52. The third-order valence-corrected chi connectivity index (χ3v) is 3.35. The molecular weight excluding hydrogens is 349 g/mol. The number of nitrogens with zero attached hydrogens (tertiary/aromatic N) is 2. The molecule has 0 aliphatic rings. The summed E-state index contributed by atoms with van der Waals surface area (Å²) in [5.41, 5.74) is 0.0566. The van der Waals surface area contributed by atoms with Gasteiger partial charge in [-0.05, 0) is 36.8 Å². The van der Waals surface area contributed by atoms with Crippen LogP contribution in [0.15, 0.2) is 58.8 Å². The Morgan fingerprint density at radius 1 is 1.08 bits per heavy atom. The molecule has 0 radical (unpaired) electrons. The maximum absolute atomic E-state index is 12.8. The number of aldehydes is 1. The van der Waals surface area contributed by atoms with Crippen molar-refractivity contribution in [1.82, 2.24) is 0 Å². The van der Waals surface area contributed by atoms with Gasteiger partial charge >= 0.3 is 6.18 Å². The summed E-state index contributed by atoms with van der Waals surface area (Å²) in [5, 5.41) is 7.46. The van der Waals surface area contributed by atoms with Crippen molar-refractivity contribution < 1.29 is 27.6 Å². The first-order chi connectivity index (χ1) is 12.4. The fourth-order valence-electron chi connectivity index (χ4n) is 2.08. The second-order valence-corrected chi connectivity index (χ2v) is 5.12. The molecule has 0 heterocycles. The van der Waals surface area contributed by atoms with Crippen LogP contribution in [0.4, 0.5) is 13.2 Å². The minimum atomic E-state index is -4.45. The summed E-state index contributed by atoms with van der Waals surface area (Å²) in [4.78, 5) is 21.1. The van der Waals surface area contributed by atoms with Gasteiger partial charge in [0.1, 0.15) is 7.11 Å². The number of carbonyl (C=O) groups excluding carboxylic acids is 1. The molecule has 8 heteroatoms. The molecule has 0 amide bonds. The molecule has 0 atom stereocenters. The smallest absolute Gasteiger partial charge is 0.399 e. The normalized spacial score (nSPS) is 12.7. The minimum absolute atomic E-state index is 0.00461. The van der Waals surface area contributed by atoms with Crippen LogP contribution in [0.5, 0.6) is 5.75 Å². The van der Waals surface area contributed by atoms with Crippen molar-refractivity contribution in [3.63, 3.8) is 0 Å². The second-order valence-electron chi connectivity index (χ2n) is 5.12. The Bertz CT molecular complexity index is 846. The van der Waals surface area contributed by atoms with E-state index in [1.165, 1.54) is 26.2 Å². The van der Waals surface area contributed by atoms with Crippen molar-refractivity contribution in [2.45, 2.75) is 13.1 Å². The van der Waals surface area contributed by atoms with Crippen molar-refractivity contribution >= 4 is 17.7 Å². The first-order valence-electron chi connectivity index (χ1n) is 7.41. The maximum atomic E-state index is 12.8. The van der Waals surface area contributed by atoms with E-state index in [0.717, 1.165) is 12.1 Å². The van der Waals surface area contributed by atoms with E-state index in [1.54, 1.807) is 24.3 Å². The molecule has 0 aliphatic carbocycles. The van der Waals surface area contributed by atoms with Gasteiger partial charge in [0.25, 0.3) is 0 Å². The number of hydrogen-bond donors (Lipinski definition) is 0. The van der Waals surface area contributed by atoms with Gasteiger partial charge in [0, 0.05) is 0 Å². The minimum Gasteiger partial charge on any atom is -0.399 e. The lowest BCUT2D eigenvalue weighted by atomic mass is 10.1. The Labute approximate surface area is 147 Å². The van der Waals surface area contributed by atoms with Gasteiger partial charge in [-0.15, -0.1) is 0 Å². The summed E-state index contributed by atoms with van der Waals surface area (Å²) in [6.07, 6.45) is -3.95. The van der Waals surface area contributed by atoms with Crippen LogP contribution < -0.4 is 4.84 Å². The Balaban J connectivity index is 2.31. The zero-order chi connectivity index (χ0) is 19.2. The van der Waals surface area contributed by atoms with Crippen LogP contribution in [-0.4, -0.2) is 24.8 Å². The summed E-state index contributed by atoms with van der Waals surface area (Å²) < 4.78 is 38.4. The van der Waals surface area contributed by atoms with Crippen molar-refractivity contribution in [3.8, 4) is 5.75 Å². The monoisotopic (exact) mass is 364 g/mol. The average molecular weight is 364 g/mol. The molecule has 2 rings (SSSR count). The number of halogens is 3. The third-order valence-electron chi connectivity index (χ3n) is 3.35. The number of benzene rings is 2. The topological polar surface area (TPSA) is 60.2 Å². The number of carbonyl (C=O) groups is 1. The van der Waals surface area contributed by atoms with E-state index in [9.17, 15) is 18.0 Å². The predicted octanol–water partition coefficient (Wildman–Crippen LogP) is 4.06. The molecule has 0 saturated carbocycles. The summed E-state index contributed by atoms with van der Waals surface area (Å²) in [6, 6.07) is 11.2. The molecule has 0 aromatic heterocycles. The molecule has 0 spiro atoms. The molecule has 0 saturated heterocycles. The fraction of sp³-hybridized carbons (Fsp3) is 0.167. The second kappa shape index (κ2) is 8.28. The molecule has 136 valence electrons. The number of hydrogen-bond acceptors (Lipinski definition) is 5. The standard InChI is InChI=1S/C18H15F3N2O3/c1-12(13-6-5-7-14(10-13)18(19,20)21)22-26-17-9-4-3-8-15(17)16(11-24)23-25-2/h3-11H,1-2H3. The Morgan fingerprint density at radius 3 is 2.46 bits per heavy atom. The quantitative estimate of drug-likeness (QED) is 0.441. The van der Waals surface area contributed by atoms with E-state index in [4.69, 9.17) is 4.84 Å². The lowest BCUT2D eigenvalue weighted by Crippen LogP contribution is -2.08. The fourth-order valence-corrected chi connectivity index (χ4v) is 2.08. The van der Waals surface area contributed by atoms with Crippen molar-refractivity contribution in [1.29, 1.82) is 0 Å². The number of oxime groups is 2. The highest BCUT2D eigenvalue weighted by atomic mass is 19.4. The highest BCUT2D eigenvalue weighted by molar-refractivity contribution is 6.36. The summed E-state index contributed by atoms with van der Waals surface area (Å²) >= 11 is 0. The molecule has 0 aliphatic heterocycles. The van der Waals surface area contributed by atoms with Crippen LogP contribution in [-0.2, 0) is 15.8 Å². The predicted molar refractivity (Wildman–Crippen MR) is 90.3 cm³/mol. The van der Waals surface area contributed by atoms with E-state index in [0.29, 0.717) is 11.8 Å². The van der Waals surface area contributed by atoms with E-state index in [2.05, 4.69) is 15.1 Å². The molecule has 2 aromatic rings. The van der Waals surface area contributed by atoms with Crippen molar-refractivity contribution in [3.05, 3.63) is 65.2 Å². The molecule has 5 nitrogen and oxygen atoms in total. The van der Waals surface area contributed by atoms with E-state index in [-0.39, 0.29) is 22.7 Å². The van der Waals surface area contributed by atoms with E-state index >= 15 is 0 Å².